The van der Waals surface area contributed by atoms with Crippen LogP contribution in [0.1, 0.15) is 5.56 Å². The zero-order valence-electron chi connectivity index (χ0n) is 10.8. The number of rotatable bonds is 5. The summed E-state index contributed by atoms with van der Waals surface area (Å²) in [5, 5.41) is 0. The van der Waals surface area contributed by atoms with E-state index in [1.807, 2.05) is 36.4 Å². The molecule has 2 aromatic carbocycles. The summed E-state index contributed by atoms with van der Waals surface area (Å²) in [4.78, 5) is 12.0. The van der Waals surface area contributed by atoms with Gasteiger partial charge in [-0.25, -0.2) is 9.00 Å². The molecule has 0 saturated carbocycles. The topological polar surface area (TPSA) is 43.4 Å². The molecule has 0 aliphatic rings. The van der Waals surface area contributed by atoms with Crippen molar-refractivity contribution in [2.45, 2.75) is 11.3 Å². The van der Waals surface area contributed by atoms with Gasteiger partial charge < -0.3 is 4.18 Å². The molecule has 102 valence electrons. The monoisotopic (exact) mass is 286 g/mol. The Labute approximate surface area is 120 Å². The third-order valence-corrected chi connectivity index (χ3v) is 3.52. The van der Waals surface area contributed by atoms with Crippen molar-refractivity contribution in [2.75, 3.05) is 0 Å². The summed E-state index contributed by atoms with van der Waals surface area (Å²) in [7, 11) is 0. The average Bonchev–Trinajstić information content (AvgIpc) is 2.49. The Morgan fingerprint density at radius 2 is 1.60 bits per heavy atom. The van der Waals surface area contributed by atoms with E-state index in [9.17, 15) is 9.00 Å². The van der Waals surface area contributed by atoms with Crippen LogP contribution in [0.2, 0.25) is 0 Å². The second-order valence-corrected chi connectivity index (χ2v) is 5.15. The molecule has 4 heteroatoms. The highest BCUT2D eigenvalue weighted by Crippen LogP contribution is 2.07. The van der Waals surface area contributed by atoms with Gasteiger partial charge in [-0.1, -0.05) is 54.6 Å². The molecule has 2 aromatic rings. The quantitative estimate of drug-likeness (QED) is 0.793. The molecule has 2 rings (SSSR count). The molecule has 1 unspecified atom stereocenters. The van der Waals surface area contributed by atoms with Gasteiger partial charge in [0.05, 0.1) is 4.90 Å². The minimum absolute atomic E-state index is 0.470. The van der Waals surface area contributed by atoms with Gasteiger partial charge in [-0.3, -0.25) is 0 Å². The minimum atomic E-state index is -1.76. The maximum absolute atomic E-state index is 11.7. The fourth-order valence-corrected chi connectivity index (χ4v) is 2.27. The Hall–Kier alpha value is -2.20. The highest BCUT2D eigenvalue weighted by molar-refractivity contribution is 7.80. The van der Waals surface area contributed by atoms with Crippen LogP contribution in [0, 0.1) is 0 Å². The third kappa shape index (κ3) is 4.48. The van der Waals surface area contributed by atoms with E-state index in [1.165, 1.54) is 6.08 Å². The molecule has 20 heavy (non-hydrogen) atoms. The van der Waals surface area contributed by atoms with E-state index in [2.05, 4.69) is 0 Å². The van der Waals surface area contributed by atoms with Gasteiger partial charge in [0.25, 0.3) is 0 Å². The first-order valence-electron chi connectivity index (χ1n) is 6.15. The molecule has 3 nitrogen and oxygen atoms in total. The Kier molecular flexibility index (Phi) is 5.26. The predicted molar refractivity (Wildman–Crippen MR) is 78.2 cm³/mol. The first-order valence-corrected chi connectivity index (χ1v) is 7.23. The van der Waals surface area contributed by atoms with Crippen molar-refractivity contribution in [2.24, 2.45) is 0 Å². The lowest BCUT2D eigenvalue weighted by Gasteiger charge is -2.00. The van der Waals surface area contributed by atoms with Crippen LogP contribution in [0.15, 0.2) is 77.7 Å². The van der Waals surface area contributed by atoms with Crippen molar-refractivity contribution in [3.05, 3.63) is 78.4 Å². The molecule has 0 amide bonds. The summed E-state index contributed by atoms with van der Waals surface area (Å²) in [5.41, 5.74) is 1.10. The number of carbonyl (C=O) groups excluding carboxylic acids is 1. The number of carbonyl (C=O) groups is 1. The summed E-state index contributed by atoms with van der Waals surface area (Å²) < 4.78 is 16.5. The maximum Gasteiger partial charge on any atom is 0.344 e. The number of allylic oxidation sites excluding steroid dienone is 1. The summed E-state index contributed by atoms with van der Waals surface area (Å²) in [6, 6.07) is 18.3. The van der Waals surface area contributed by atoms with Gasteiger partial charge in [-0.15, -0.1) is 0 Å². The van der Waals surface area contributed by atoms with Crippen LogP contribution in [0.4, 0.5) is 0 Å². The van der Waals surface area contributed by atoms with Crippen LogP contribution in [0.25, 0.3) is 0 Å². The van der Waals surface area contributed by atoms with Crippen LogP contribution in [0.5, 0.6) is 0 Å². The first kappa shape index (κ1) is 14.2. The average molecular weight is 286 g/mol. The van der Waals surface area contributed by atoms with Gasteiger partial charge in [-0.2, -0.15) is 0 Å². The molecule has 0 bridgehead atoms. The Balaban J connectivity index is 1.85. The van der Waals surface area contributed by atoms with E-state index in [1.54, 1.807) is 30.3 Å². The van der Waals surface area contributed by atoms with Gasteiger partial charge in [0.15, 0.2) is 0 Å². The van der Waals surface area contributed by atoms with Crippen molar-refractivity contribution in [1.82, 2.24) is 0 Å². The van der Waals surface area contributed by atoms with E-state index in [4.69, 9.17) is 4.18 Å². The number of benzene rings is 2. The Morgan fingerprint density at radius 3 is 2.25 bits per heavy atom. The third-order valence-electron chi connectivity index (χ3n) is 2.54. The second-order valence-electron chi connectivity index (χ2n) is 4.04. The summed E-state index contributed by atoms with van der Waals surface area (Å²) in [6.07, 6.45) is 3.63. The van der Waals surface area contributed by atoms with Crippen LogP contribution in [-0.2, 0) is 26.5 Å². The molecular weight excluding hydrogens is 272 g/mol. The van der Waals surface area contributed by atoms with E-state index in [-0.39, 0.29) is 0 Å². The number of hydrogen-bond acceptors (Lipinski definition) is 3. The van der Waals surface area contributed by atoms with Gasteiger partial charge in [0.2, 0.25) is 11.1 Å². The molecule has 0 saturated heterocycles. The predicted octanol–water partition coefficient (Wildman–Crippen LogP) is 3.05. The largest absolute Gasteiger partial charge is 0.357 e. The van der Waals surface area contributed by atoms with Crippen LogP contribution >= 0.6 is 0 Å². The Morgan fingerprint density at radius 1 is 1.00 bits per heavy atom. The standard InChI is InChI=1S/C16H14O3S/c17-16(13-7-10-14-8-3-1-4-9-14)19-20(18)15-11-5-2-6-12-15/h1-9,11-13H,10H2. The van der Waals surface area contributed by atoms with Gasteiger partial charge in [0.1, 0.15) is 0 Å². The maximum atomic E-state index is 11.7. The van der Waals surface area contributed by atoms with E-state index < -0.39 is 17.0 Å². The second kappa shape index (κ2) is 7.40. The fraction of sp³-hybridized carbons (Fsp3) is 0.0625. The SMILES string of the molecule is O=C(C=CCc1ccccc1)OS(=O)c1ccccc1. The minimum Gasteiger partial charge on any atom is -0.357 e. The lowest BCUT2D eigenvalue weighted by Crippen LogP contribution is -2.04. The molecular formula is C16H14O3S. The van der Waals surface area contributed by atoms with Crippen LogP contribution in [0.3, 0.4) is 0 Å². The zero-order chi connectivity index (χ0) is 14.2. The zero-order valence-corrected chi connectivity index (χ0v) is 11.6. The number of hydrogen-bond donors (Lipinski definition) is 0. The van der Waals surface area contributed by atoms with E-state index >= 15 is 0 Å². The lowest BCUT2D eigenvalue weighted by atomic mass is 10.1. The fourth-order valence-electron chi connectivity index (χ4n) is 1.59. The smallest absolute Gasteiger partial charge is 0.344 e. The summed E-state index contributed by atoms with van der Waals surface area (Å²) in [5.74, 6) is -0.608. The van der Waals surface area contributed by atoms with Crippen molar-refractivity contribution < 1.29 is 13.2 Å². The molecule has 0 N–H and O–H groups in total. The van der Waals surface area contributed by atoms with Gasteiger partial charge in [0, 0.05) is 6.08 Å². The molecule has 0 heterocycles. The Bertz CT molecular complexity index is 606. The molecule has 0 aliphatic heterocycles. The molecule has 0 radical (unpaired) electrons. The molecule has 0 spiro atoms. The molecule has 0 fully saturated rings. The van der Waals surface area contributed by atoms with Crippen molar-refractivity contribution in [3.8, 4) is 0 Å². The van der Waals surface area contributed by atoms with Crippen molar-refractivity contribution in [1.29, 1.82) is 0 Å². The summed E-state index contributed by atoms with van der Waals surface area (Å²) >= 11 is -1.76. The molecule has 1 atom stereocenters. The van der Waals surface area contributed by atoms with E-state index in [0.717, 1.165) is 5.56 Å². The van der Waals surface area contributed by atoms with Crippen molar-refractivity contribution in [3.63, 3.8) is 0 Å². The van der Waals surface area contributed by atoms with E-state index in [0.29, 0.717) is 11.3 Å². The molecule has 0 aromatic heterocycles. The highest BCUT2D eigenvalue weighted by atomic mass is 32.2. The van der Waals surface area contributed by atoms with Crippen LogP contribution < -0.4 is 0 Å². The van der Waals surface area contributed by atoms with Crippen LogP contribution in [-0.4, -0.2) is 10.2 Å². The highest BCUT2D eigenvalue weighted by Gasteiger charge is 2.07. The normalized spacial score (nSPS) is 12.2. The van der Waals surface area contributed by atoms with Gasteiger partial charge >= 0.3 is 5.97 Å². The summed E-state index contributed by atoms with van der Waals surface area (Å²) in [6.45, 7) is 0. The lowest BCUT2D eigenvalue weighted by molar-refractivity contribution is -0.128. The first-order chi connectivity index (χ1) is 9.75. The van der Waals surface area contributed by atoms with Crippen molar-refractivity contribution >= 4 is 17.0 Å². The van der Waals surface area contributed by atoms with Gasteiger partial charge in [-0.05, 0) is 24.1 Å². The molecule has 0 aliphatic carbocycles.